The number of nitrogens with one attached hydrogen (secondary N) is 2. The van der Waals surface area contributed by atoms with E-state index in [1.54, 1.807) is 13.8 Å². The van der Waals surface area contributed by atoms with Crippen LogP contribution in [-0.4, -0.2) is 24.5 Å². The van der Waals surface area contributed by atoms with Gasteiger partial charge in [-0.25, -0.2) is 13.1 Å². The van der Waals surface area contributed by atoms with Gasteiger partial charge >= 0.3 is 0 Å². The molecule has 0 aliphatic rings. The van der Waals surface area contributed by atoms with Crippen LogP contribution in [0.1, 0.15) is 38.8 Å². The monoisotopic (exact) mass is 368 g/mol. The van der Waals surface area contributed by atoms with Crippen molar-refractivity contribution < 1.29 is 13.2 Å². The Hall–Kier alpha value is -1.84. The lowest BCUT2D eigenvalue weighted by molar-refractivity contribution is -0.118. The van der Waals surface area contributed by atoms with Crippen molar-refractivity contribution in [1.82, 2.24) is 14.9 Å². The quantitative estimate of drug-likeness (QED) is 0.732. The molecule has 2 aromatic rings. The van der Waals surface area contributed by atoms with E-state index < -0.39 is 10.0 Å². The van der Waals surface area contributed by atoms with Gasteiger partial charge in [-0.2, -0.15) is 0 Å². The summed E-state index contributed by atoms with van der Waals surface area (Å²) in [5.41, 5.74) is 0.876. The van der Waals surface area contributed by atoms with Crippen molar-refractivity contribution in [2.24, 2.45) is 5.92 Å². The van der Waals surface area contributed by atoms with Gasteiger partial charge in [-0.15, -0.1) is 10.2 Å². The van der Waals surface area contributed by atoms with Crippen molar-refractivity contribution in [2.75, 3.05) is 5.32 Å². The number of carbonyl (C=O) groups excluding carboxylic acids is 1. The molecule has 7 nitrogen and oxygen atoms in total. The summed E-state index contributed by atoms with van der Waals surface area (Å²) >= 11 is 0.829. The molecule has 24 heavy (non-hydrogen) atoms. The fourth-order valence-electron chi connectivity index (χ4n) is 1.93. The Bertz CT molecular complexity index is 788. The molecule has 0 unspecified atom stereocenters. The summed E-state index contributed by atoms with van der Waals surface area (Å²) in [6.07, 6.45) is 0.596. The summed E-state index contributed by atoms with van der Waals surface area (Å²) in [5, 5.41) is 10.1. The maximum atomic E-state index is 12.5. The second-order valence-corrected chi connectivity index (χ2v) is 8.38. The maximum absolute atomic E-state index is 12.5. The summed E-state index contributed by atoms with van der Waals surface area (Å²) in [4.78, 5) is 11.6. The van der Waals surface area contributed by atoms with Gasteiger partial charge in [0.2, 0.25) is 15.4 Å². The smallest absolute Gasteiger partial charge is 0.270 e. The van der Waals surface area contributed by atoms with Gasteiger partial charge in [0, 0.05) is 12.0 Å². The van der Waals surface area contributed by atoms with E-state index in [4.69, 9.17) is 0 Å². The number of hydrogen-bond donors (Lipinski definition) is 2. The van der Waals surface area contributed by atoms with E-state index in [-0.39, 0.29) is 27.3 Å². The molecule has 0 aliphatic carbocycles. The molecule has 0 bridgehead atoms. The number of hydrogen-bond acceptors (Lipinski definition) is 6. The molecule has 130 valence electrons. The first-order valence-electron chi connectivity index (χ1n) is 7.55. The van der Waals surface area contributed by atoms with Gasteiger partial charge < -0.3 is 5.32 Å². The topological polar surface area (TPSA) is 101 Å². The van der Waals surface area contributed by atoms with Crippen molar-refractivity contribution >= 4 is 32.4 Å². The summed E-state index contributed by atoms with van der Waals surface area (Å²) in [7, 11) is -3.81. The third-order valence-electron chi connectivity index (χ3n) is 3.30. The van der Waals surface area contributed by atoms with Crippen LogP contribution in [0, 0.1) is 5.92 Å². The molecule has 9 heteroatoms. The van der Waals surface area contributed by atoms with Gasteiger partial charge in [0.1, 0.15) is 0 Å². The molecular weight excluding hydrogens is 348 g/mol. The third-order valence-corrected chi connectivity index (χ3v) is 5.98. The van der Waals surface area contributed by atoms with Gasteiger partial charge in [0.05, 0.1) is 0 Å². The zero-order chi connectivity index (χ0) is 17.7. The van der Waals surface area contributed by atoms with E-state index in [0.717, 1.165) is 16.9 Å². The van der Waals surface area contributed by atoms with Crippen molar-refractivity contribution in [3.05, 3.63) is 35.9 Å². The van der Waals surface area contributed by atoms with Crippen LogP contribution in [0.15, 0.2) is 34.7 Å². The molecule has 1 aromatic carbocycles. The van der Waals surface area contributed by atoms with E-state index >= 15 is 0 Å². The zero-order valence-electron chi connectivity index (χ0n) is 13.7. The molecule has 2 rings (SSSR count). The number of aromatic nitrogens is 2. The van der Waals surface area contributed by atoms with Crippen molar-refractivity contribution in [3.63, 3.8) is 0 Å². The van der Waals surface area contributed by atoms with Gasteiger partial charge in [-0.3, -0.25) is 4.79 Å². The molecular formula is C15H20N4O3S2. The molecule has 1 heterocycles. The summed E-state index contributed by atoms with van der Waals surface area (Å²) in [6.45, 7) is 5.37. The maximum Gasteiger partial charge on any atom is 0.270 e. The second kappa shape index (κ2) is 7.82. The average molecular weight is 368 g/mol. The molecule has 0 radical (unpaired) electrons. The van der Waals surface area contributed by atoms with Crippen LogP contribution in [0.5, 0.6) is 0 Å². The van der Waals surface area contributed by atoms with E-state index in [9.17, 15) is 13.2 Å². The van der Waals surface area contributed by atoms with Crippen LogP contribution in [0.4, 0.5) is 5.13 Å². The van der Waals surface area contributed by atoms with E-state index in [1.165, 1.54) is 0 Å². The highest BCUT2D eigenvalue weighted by Gasteiger charge is 2.25. The number of rotatable bonds is 7. The standard InChI is InChI=1S/C15H20N4O3S2/c1-4-12(11-8-6-5-7-9-11)19-24(21,22)15-18-17-14(23-15)16-13(20)10(2)3/h5-10,12,19H,4H2,1-3H3,(H,16,17,20)/t12-/m0/s1. The first-order chi connectivity index (χ1) is 11.3. The van der Waals surface area contributed by atoms with Crippen LogP contribution >= 0.6 is 11.3 Å². The lowest BCUT2D eigenvalue weighted by atomic mass is 10.1. The second-order valence-electron chi connectivity index (χ2n) is 5.51. The number of carbonyl (C=O) groups is 1. The predicted octanol–water partition coefficient (Wildman–Crippen LogP) is 2.56. The minimum atomic E-state index is -3.81. The Morgan fingerprint density at radius 1 is 1.21 bits per heavy atom. The minimum Gasteiger partial charge on any atom is -0.300 e. The van der Waals surface area contributed by atoms with Gasteiger partial charge in [-0.1, -0.05) is 62.4 Å². The number of nitrogens with zero attached hydrogens (tertiary/aromatic N) is 2. The Labute approximate surface area is 145 Å². The minimum absolute atomic E-state index is 0.168. The van der Waals surface area contributed by atoms with Crippen LogP contribution in [0.3, 0.4) is 0 Å². The number of benzene rings is 1. The highest BCUT2D eigenvalue weighted by atomic mass is 32.2. The largest absolute Gasteiger partial charge is 0.300 e. The summed E-state index contributed by atoms with van der Waals surface area (Å²) in [5.74, 6) is -0.464. The van der Waals surface area contributed by atoms with Crippen molar-refractivity contribution in [3.8, 4) is 0 Å². The number of anilines is 1. The molecule has 0 fully saturated rings. The van der Waals surface area contributed by atoms with Crippen LogP contribution in [0.2, 0.25) is 0 Å². The molecule has 0 saturated carbocycles. The number of sulfonamides is 1. The Morgan fingerprint density at radius 2 is 1.88 bits per heavy atom. The Morgan fingerprint density at radius 3 is 2.46 bits per heavy atom. The van der Waals surface area contributed by atoms with Crippen LogP contribution in [-0.2, 0) is 14.8 Å². The van der Waals surface area contributed by atoms with Gasteiger partial charge in [0.25, 0.3) is 10.0 Å². The Balaban J connectivity index is 2.15. The first kappa shape index (κ1) is 18.5. The van der Waals surface area contributed by atoms with Crippen LogP contribution in [0.25, 0.3) is 0 Å². The van der Waals surface area contributed by atoms with Gasteiger partial charge in [0.15, 0.2) is 0 Å². The zero-order valence-corrected chi connectivity index (χ0v) is 15.3. The molecule has 0 aliphatic heterocycles. The molecule has 0 spiro atoms. The normalized spacial score (nSPS) is 13.0. The summed E-state index contributed by atoms with van der Waals surface area (Å²) < 4.78 is 27.4. The number of amides is 1. The fraction of sp³-hybridized carbons (Fsp3) is 0.400. The summed E-state index contributed by atoms with van der Waals surface area (Å²) in [6, 6.07) is 8.97. The lowest BCUT2D eigenvalue weighted by Crippen LogP contribution is -2.28. The third kappa shape index (κ3) is 4.59. The molecule has 2 N–H and O–H groups in total. The molecule has 1 aromatic heterocycles. The predicted molar refractivity (Wildman–Crippen MR) is 93.2 cm³/mol. The highest BCUT2D eigenvalue weighted by Crippen LogP contribution is 2.24. The molecule has 1 atom stereocenters. The lowest BCUT2D eigenvalue weighted by Gasteiger charge is -2.16. The molecule has 1 amide bonds. The van der Waals surface area contributed by atoms with Crippen molar-refractivity contribution in [1.29, 1.82) is 0 Å². The van der Waals surface area contributed by atoms with E-state index in [0.29, 0.717) is 6.42 Å². The average Bonchev–Trinajstić information content (AvgIpc) is 3.03. The first-order valence-corrected chi connectivity index (χ1v) is 9.85. The highest BCUT2D eigenvalue weighted by molar-refractivity contribution is 7.91. The Kier molecular flexibility index (Phi) is 6.03. The van der Waals surface area contributed by atoms with Crippen LogP contribution < -0.4 is 10.0 Å². The van der Waals surface area contributed by atoms with Crippen molar-refractivity contribution in [2.45, 2.75) is 37.6 Å². The molecule has 0 saturated heterocycles. The fourth-order valence-corrected chi connectivity index (χ4v) is 4.16. The van der Waals surface area contributed by atoms with E-state index in [2.05, 4.69) is 20.2 Å². The van der Waals surface area contributed by atoms with E-state index in [1.807, 2.05) is 37.3 Å². The van der Waals surface area contributed by atoms with Gasteiger partial charge in [-0.05, 0) is 12.0 Å². The SMILES string of the molecule is CC[C@H](NS(=O)(=O)c1nnc(NC(=O)C(C)C)s1)c1ccccc1.